The van der Waals surface area contributed by atoms with Gasteiger partial charge in [-0.1, -0.05) is 17.7 Å². The highest BCUT2D eigenvalue weighted by Gasteiger charge is 2.12. The summed E-state index contributed by atoms with van der Waals surface area (Å²) >= 11 is 11.8. The van der Waals surface area contributed by atoms with Crippen molar-refractivity contribution in [3.05, 3.63) is 33.8 Å². The fraction of sp³-hybridized carbons (Fsp3) is 0.364. The molecule has 0 aliphatic rings. The van der Waals surface area contributed by atoms with Crippen LogP contribution in [0, 0.1) is 6.92 Å². The van der Waals surface area contributed by atoms with Gasteiger partial charge in [0, 0.05) is 10.9 Å². The molecule has 0 N–H and O–H groups in total. The van der Waals surface area contributed by atoms with Crippen molar-refractivity contribution < 1.29 is 9.53 Å². The van der Waals surface area contributed by atoms with Crippen LogP contribution in [0.1, 0.15) is 16.7 Å². The molecule has 2 nitrogen and oxygen atoms in total. The zero-order valence-corrected chi connectivity index (χ0v) is 10.2. The van der Waals surface area contributed by atoms with Gasteiger partial charge in [0.25, 0.3) is 0 Å². The van der Waals surface area contributed by atoms with Crippen LogP contribution in [0.15, 0.2) is 12.1 Å². The minimum Gasteiger partial charge on any atom is -0.469 e. The molecule has 0 spiro atoms. The molecule has 1 aromatic carbocycles. The first-order chi connectivity index (χ1) is 7.08. The topological polar surface area (TPSA) is 26.3 Å². The predicted octanol–water partition coefficient (Wildman–Crippen LogP) is 3.10. The lowest BCUT2D eigenvalue weighted by molar-refractivity contribution is -0.139. The quantitative estimate of drug-likeness (QED) is 0.606. The molecule has 0 amide bonds. The van der Waals surface area contributed by atoms with Crippen LogP contribution in [0.5, 0.6) is 0 Å². The van der Waals surface area contributed by atoms with Crippen LogP contribution in [-0.2, 0) is 21.8 Å². The maximum Gasteiger partial charge on any atom is 0.310 e. The van der Waals surface area contributed by atoms with Gasteiger partial charge >= 0.3 is 5.97 Å². The van der Waals surface area contributed by atoms with E-state index in [2.05, 4.69) is 4.74 Å². The molecule has 0 aliphatic carbocycles. The highest BCUT2D eigenvalue weighted by Crippen LogP contribution is 2.24. The van der Waals surface area contributed by atoms with E-state index in [0.29, 0.717) is 10.9 Å². The highest BCUT2D eigenvalue weighted by atomic mass is 35.5. The molecule has 0 atom stereocenters. The average Bonchev–Trinajstić information content (AvgIpc) is 2.21. The number of esters is 1. The van der Waals surface area contributed by atoms with Crippen LogP contribution in [0.3, 0.4) is 0 Å². The summed E-state index contributed by atoms with van der Waals surface area (Å²) < 4.78 is 4.60. The highest BCUT2D eigenvalue weighted by molar-refractivity contribution is 6.31. The second-order valence-electron chi connectivity index (χ2n) is 3.27. The number of benzene rings is 1. The van der Waals surface area contributed by atoms with Gasteiger partial charge in [0.1, 0.15) is 0 Å². The molecule has 0 heterocycles. The Morgan fingerprint density at radius 2 is 2.13 bits per heavy atom. The van der Waals surface area contributed by atoms with Crippen LogP contribution in [-0.4, -0.2) is 13.1 Å². The van der Waals surface area contributed by atoms with Gasteiger partial charge in [0.2, 0.25) is 0 Å². The van der Waals surface area contributed by atoms with E-state index >= 15 is 0 Å². The van der Waals surface area contributed by atoms with Crippen molar-refractivity contribution >= 4 is 29.2 Å². The normalized spacial score (nSPS) is 10.1. The molecule has 0 unspecified atom stereocenters. The number of methoxy groups -OCH3 is 1. The molecule has 1 rings (SSSR count). The number of hydrogen-bond donors (Lipinski definition) is 0. The van der Waals surface area contributed by atoms with Crippen molar-refractivity contribution in [3.63, 3.8) is 0 Å². The van der Waals surface area contributed by atoms with Gasteiger partial charge in [-0.15, -0.1) is 11.6 Å². The first-order valence-corrected chi connectivity index (χ1v) is 5.40. The first-order valence-electron chi connectivity index (χ1n) is 4.49. The lowest BCUT2D eigenvalue weighted by Gasteiger charge is -2.09. The largest absolute Gasteiger partial charge is 0.469 e. The zero-order chi connectivity index (χ0) is 11.4. The van der Waals surface area contributed by atoms with Crippen LogP contribution in [0.2, 0.25) is 5.02 Å². The Hall–Kier alpha value is -0.730. The minimum absolute atomic E-state index is 0.164. The number of alkyl halides is 1. The third-order valence-electron chi connectivity index (χ3n) is 2.12. The minimum atomic E-state index is -0.313. The number of carbonyl (C=O) groups excluding carboxylic acids is 1. The Balaban J connectivity index is 3.09. The van der Waals surface area contributed by atoms with E-state index in [0.717, 1.165) is 16.7 Å². The van der Waals surface area contributed by atoms with Crippen molar-refractivity contribution in [1.29, 1.82) is 0 Å². The summed E-state index contributed by atoms with van der Waals surface area (Å²) in [4.78, 5) is 11.2. The summed E-state index contributed by atoms with van der Waals surface area (Å²) in [6.07, 6.45) is 0.164. The van der Waals surface area contributed by atoms with Gasteiger partial charge in [-0.05, 0) is 29.7 Å². The van der Waals surface area contributed by atoms with Crippen molar-refractivity contribution in [2.45, 2.75) is 19.2 Å². The number of hydrogen-bond acceptors (Lipinski definition) is 2. The number of halogens is 2. The van der Waals surface area contributed by atoms with Crippen molar-refractivity contribution in [1.82, 2.24) is 0 Å². The molecule has 15 heavy (non-hydrogen) atoms. The molecule has 0 saturated heterocycles. The summed E-state index contributed by atoms with van der Waals surface area (Å²) in [7, 11) is 1.35. The summed E-state index contributed by atoms with van der Waals surface area (Å²) in [6, 6.07) is 3.74. The Kier molecular flexibility index (Phi) is 4.43. The number of carbonyl (C=O) groups is 1. The fourth-order valence-electron chi connectivity index (χ4n) is 1.38. The van der Waals surface area contributed by atoms with E-state index in [1.165, 1.54) is 7.11 Å². The Labute approximate surface area is 99.1 Å². The van der Waals surface area contributed by atoms with E-state index in [1.807, 2.05) is 19.1 Å². The molecule has 0 aromatic heterocycles. The average molecular weight is 247 g/mol. The van der Waals surface area contributed by atoms with Crippen LogP contribution in [0.4, 0.5) is 0 Å². The molecular formula is C11H12Cl2O2. The molecule has 0 saturated carbocycles. The van der Waals surface area contributed by atoms with Gasteiger partial charge in [-0.3, -0.25) is 4.79 Å². The van der Waals surface area contributed by atoms with E-state index in [-0.39, 0.29) is 12.4 Å². The Bertz CT molecular complexity index is 375. The zero-order valence-electron chi connectivity index (χ0n) is 8.64. The van der Waals surface area contributed by atoms with Crippen LogP contribution >= 0.6 is 23.2 Å². The molecule has 0 bridgehead atoms. The lowest BCUT2D eigenvalue weighted by Crippen LogP contribution is -2.07. The third-order valence-corrected chi connectivity index (χ3v) is 2.75. The smallest absolute Gasteiger partial charge is 0.310 e. The van der Waals surface area contributed by atoms with E-state index in [1.54, 1.807) is 0 Å². The van der Waals surface area contributed by atoms with Crippen molar-refractivity contribution in [2.75, 3.05) is 7.11 Å². The molecule has 82 valence electrons. The second kappa shape index (κ2) is 5.38. The van der Waals surface area contributed by atoms with Crippen LogP contribution < -0.4 is 0 Å². The molecule has 0 radical (unpaired) electrons. The van der Waals surface area contributed by atoms with Crippen LogP contribution in [0.25, 0.3) is 0 Å². The molecular weight excluding hydrogens is 235 g/mol. The van der Waals surface area contributed by atoms with Crippen molar-refractivity contribution in [3.8, 4) is 0 Å². The Morgan fingerprint density at radius 3 is 2.67 bits per heavy atom. The molecule has 4 heteroatoms. The predicted molar refractivity (Wildman–Crippen MR) is 61.5 cm³/mol. The lowest BCUT2D eigenvalue weighted by atomic mass is 10.0. The number of ether oxygens (including phenoxy) is 1. The molecule has 0 fully saturated rings. The summed E-state index contributed by atoms with van der Waals surface area (Å²) in [6.45, 7) is 1.93. The van der Waals surface area contributed by atoms with E-state index in [4.69, 9.17) is 23.2 Å². The van der Waals surface area contributed by atoms with Gasteiger partial charge in [-0.25, -0.2) is 0 Å². The third kappa shape index (κ3) is 3.11. The van der Waals surface area contributed by atoms with Gasteiger partial charge in [0.15, 0.2) is 0 Å². The van der Waals surface area contributed by atoms with Crippen molar-refractivity contribution in [2.24, 2.45) is 0 Å². The standard InChI is InChI=1S/C11H12Cl2O2/c1-7-3-8(6-12)9(10(13)4-7)5-11(14)15-2/h3-4H,5-6H2,1-2H3. The van der Waals surface area contributed by atoms with E-state index in [9.17, 15) is 4.79 Å². The fourth-order valence-corrected chi connectivity index (χ4v) is 1.98. The van der Waals surface area contributed by atoms with E-state index < -0.39 is 0 Å². The summed E-state index contributed by atoms with van der Waals surface area (Å²) in [5.41, 5.74) is 2.67. The number of rotatable bonds is 3. The molecule has 1 aromatic rings. The maximum atomic E-state index is 11.2. The summed E-state index contributed by atoms with van der Waals surface area (Å²) in [5, 5.41) is 0.566. The van der Waals surface area contributed by atoms with Gasteiger partial charge in [-0.2, -0.15) is 0 Å². The molecule has 0 aliphatic heterocycles. The maximum absolute atomic E-state index is 11.2. The monoisotopic (exact) mass is 246 g/mol. The van der Waals surface area contributed by atoms with Gasteiger partial charge < -0.3 is 4.74 Å². The second-order valence-corrected chi connectivity index (χ2v) is 3.95. The first kappa shape index (κ1) is 12.3. The SMILES string of the molecule is COC(=O)Cc1c(Cl)cc(C)cc1CCl. The van der Waals surface area contributed by atoms with Gasteiger partial charge in [0.05, 0.1) is 13.5 Å². The Morgan fingerprint density at radius 1 is 1.47 bits per heavy atom. The summed E-state index contributed by atoms with van der Waals surface area (Å²) in [5.74, 6) is 0.0281. The number of aryl methyl sites for hydroxylation is 1.